The molecule has 160 valence electrons. The molecular weight excluding hydrogens is 400 g/mol. The molecule has 1 amide bonds. The maximum atomic E-state index is 12.5. The standard InChI is InChI=1S/C22H22N4O5/c1-4-31-22(28)18-6-5-7-19(12-18)23-21(27)17-10-8-16(9-11-17)13-25-15(3)20(26(29)30)14(2)24-25/h5-12H,4,13H2,1-3H3,(H,23,27). The van der Waals surface area contributed by atoms with E-state index in [-0.39, 0.29) is 18.2 Å². The number of amides is 1. The van der Waals surface area contributed by atoms with Gasteiger partial charge in [0.15, 0.2) is 0 Å². The summed E-state index contributed by atoms with van der Waals surface area (Å²) >= 11 is 0. The molecule has 0 aliphatic carbocycles. The van der Waals surface area contributed by atoms with Crippen LogP contribution in [0.2, 0.25) is 0 Å². The van der Waals surface area contributed by atoms with Gasteiger partial charge in [0, 0.05) is 11.3 Å². The van der Waals surface area contributed by atoms with E-state index in [2.05, 4.69) is 10.4 Å². The summed E-state index contributed by atoms with van der Waals surface area (Å²) < 4.78 is 6.54. The number of carbonyl (C=O) groups is 2. The second-order valence-corrected chi connectivity index (χ2v) is 6.89. The minimum Gasteiger partial charge on any atom is -0.462 e. The lowest BCUT2D eigenvalue weighted by atomic mass is 10.1. The Morgan fingerprint density at radius 3 is 2.45 bits per heavy atom. The van der Waals surface area contributed by atoms with Crippen molar-refractivity contribution in [2.75, 3.05) is 11.9 Å². The molecular formula is C22H22N4O5. The van der Waals surface area contributed by atoms with E-state index >= 15 is 0 Å². The summed E-state index contributed by atoms with van der Waals surface area (Å²) in [5, 5.41) is 18.1. The van der Waals surface area contributed by atoms with E-state index in [9.17, 15) is 19.7 Å². The monoisotopic (exact) mass is 422 g/mol. The van der Waals surface area contributed by atoms with Gasteiger partial charge in [0.05, 0.1) is 23.6 Å². The molecule has 1 heterocycles. The zero-order valence-corrected chi connectivity index (χ0v) is 17.4. The lowest BCUT2D eigenvalue weighted by molar-refractivity contribution is -0.386. The van der Waals surface area contributed by atoms with E-state index in [1.165, 1.54) is 0 Å². The smallest absolute Gasteiger partial charge is 0.338 e. The predicted octanol–water partition coefficient (Wildman–Crippen LogP) is 3.89. The third-order valence-electron chi connectivity index (χ3n) is 4.71. The van der Waals surface area contributed by atoms with E-state index in [4.69, 9.17) is 4.74 Å². The molecule has 31 heavy (non-hydrogen) atoms. The molecule has 0 aliphatic rings. The van der Waals surface area contributed by atoms with Gasteiger partial charge in [-0.05, 0) is 56.7 Å². The van der Waals surface area contributed by atoms with Crippen LogP contribution >= 0.6 is 0 Å². The van der Waals surface area contributed by atoms with Crippen molar-refractivity contribution in [1.82, 2.24) is 9.78 Å². The lowest BCUT2D eigenvalue weighted by Gasteiger charge is -2.08. The number of benzene rings is 2. The minimum atomic E-state index is -0.452. The summed E-state index contributed by atoms with van der Waals surface area (Å²) in [6.45, 7) is 5.61. The molecule has 0 spiro atoms. The number of aromatic nitrogens is 2. The molecule has 0 fully saturated rings. The van der Waals surface area contributed by atoms with Crippen LogP contribution in [-0.2, 0) is 11.3 Å². The zero-order chi connectivity index (χ0) is 22.5. The lowest BCUT2D eigenvalue weighted by Crippen LogP contribution is -2.13. The Morgan fingerprint density at radius 2 is 1.84 bits per heavy atom. The number of hydrogen-bond donors (Lipinski definition) is 1. The first-order valence-electron chi connectivity index (χ1n) is 9.66. The van der Waals surface area contributed by atoms with Gasteiger partial charge >= 0.3 is 11.7 Å². The molecule has 2 aromatic carbocycles. The highest BCUT2D eigenvalue weighted by atomic mass is 16.6. The van der Waals surface area contributed by atoms with Gasteiger partial charge in [-0.3, -0.25) is 19.6 Å². The Bertz CT molecular complexity index is 1140. The Balaban J connectivity index is 1.70. The summed E-state index contributed by atoms with van der Waals surface area (Å²) in [7, 11) is 0. The first kappa shape index (κ1) is 21.7. The molecule has 3 aromatic rings. The van der Waals surface area contributed by atoms with E-state index in [0.717, 1.165) is 5.56 Å². The summed E-state index contributed by atoms with van der Waals surface area (Å²) in [5.41, 5.74) is 2.98. The summed E-state index contributed by atoms with van der Waals surface area (Å²) in [6.07, 6.45) is 0. The van der Waals surface area contributed by atoms with Crippen LogP contribution in [0.5, 0.6) is 0 Å². The van der Waals surface area contributed by atoms with E-state index in [0.29, 0.717) is 34.7 Å². The molecule has 9 heteroatoms. The van der Waals surface area contributed by atoms with E-state index in [1.807, 2.05) is 0 Å². The molecule has 0 atom stereocenters. The number of nitro groups is 1. The normalized spacial score (nSPS) is 10.5. The number of ether oxygens (including phenoxy) is 1. The maximum Gasteiger partial charge on any atom is 0.338 e. The molecule has 0 aliphatic heterocycles. The second-order valence-electron chi connectivity index (χ2n) is 6.89. The van der Waals surface area contributed by atoms with Gasteiger partial charge < -0.3 is 10.1 Å². The van der Waals surface area contributed by atoms with Crippen LogP contribution < -0.4 is 5.32 Å². The number of carbonyl (C=O) groups excluding carboxylic acids is 2. The summed E-state index contributed by atoms with van der Waals surface area (Å²) in [6, 6.07) is 13.4. The Morgan fingerprint density at radius 1 is 1.13 bits per heavy atom. The highest BCUT2D eigenvalue weighted by Crippen LogP contribution is 2.22. The fraction of sp³-hybridized carbons (Fsp3) is 0.227. The SMILES string of the molecule is CCOC(=O)c1cccc(NC(=O)c2ccc(Cn3nc(C)c([N+](=O)[O-])c3C)cc2)c1. The van der Waals surface area contributed by atoms with Gasteiger partial charge in [-0.2, -0.15) is 5.10 Å². The topological polar surface area (TPSA) is 116 Å². The molecule has 0 bridgehead atoms. The number of aryl methyl sites for hydroxylation is 1. The molecule has 0 saturated carbocycles. The minimum absolute atomic E-state index is 0.0149. The molecule has 0 unspecified atom stereocenters. The molecule has 9 nitrogen and oxygen atoms in total. The quantitative estimate of drug-likeness (QED) is 0.351. The number of rotatable bonds is 7. The van der Waals surface area contributed by atoms with Gasteiger partial charge in [0.25, 0.3) is 5.91 Å². The van der Waals surface area contributed by atoms with Gasteiger partial charge in [0.1, 0.15) is 11.4 Å². The van der Waals surface area contributed by atoms with E-state index < -0.39 is 10.9 Å². The van der Waals surface area contributed by atoms with Crippen molar-refractivity contribution in [3.05, 3.63) is 86.7 Å². The second kappa shape index (κ2) is 9.21. The first-order chi connectivity index (χ1) is 14.8. The third kappa shape index (κ3) is 4.95. The van der Waals surface area contributed by atoms with Crippen molar-refractivity contribution in [2.45, 2.75) is 27.3 Å². The molecule has 0 radical (unpaired) electrons. The summed E-state index contributed by atoms with van der Waals surface area (Å²) in [5.74, 6) is -0.776. The highest BCUT2D eigenvalue weighted by Gasteiger charge is 2.21. The van der Waals surface area contributed by atoms with E-state index in [1.54, 1.807) is 74.0 Å². The number of nitrogens with zero attached hydrogens (tertiary/aromatic N) is 3. The average molecular weight is 422 g/mol. The van der Waals surface area contributed by atoms with Crippen molar-refractivity contribution >= 4 is 23.3 Å². The highest BCUT2D eigenvalue weighted by molar-refractivity contribution is 6.04. The number of esters is 1. The van der Waals surface area contributed by atoms with Crippen LogP contribution in [0.25, 0.3) is 0 Å². The zero-order valence-electron chi connectivity index (χ0n) is 17.4. The van der Waals surface area contributed by atoms with Crippen molar-refractivity contribution < 1.29 is 19.2 Å². The molecule has 1 N–H and O–H groups in total. The maximum absolute atomic E-state index is 12.5. The largest absolute Gasteiger partial charge is 0.462 e. The van der Waals surface area contributed by atoms with Gasteiger partial charge in [-0.15, -0.1) is 0 Å². The molecule has 3 rings (SSSR count). The Kier molecular flexibility index (Phi) is 6.44. The fourth-order valence-corrected chi connectivity index (χ4v) is 3.18. The van der Waals surface area contributed by atoms with Gasteiger partial charge in [-0.1, -0.05) is 18.2 Å². The van der Waals surface area contributed by atoms with Crippen LogP contribution in [0, 0.1) is 24.0 Å². The number of nitrogens with one attached hydrogen (secondary N) is 1. The van der Waals surface area contributed by atoms with Crippen LogP contribution in [0.1, 0.15) is 44.6 Å². The fourth-order valence-electron chi connectivity index (χ4n) is 3.18. The average Bonchev–Trinajstić information content (AvgIpc) is 3.02. The van der Waals surface area contributed by atoms with Crippen LogP contribution in [0.15, 0.2) is 48.5 Å². The number of hydrogen-bond acceptors (Lipinski definition) is 6. The van der Waals surface area contributed by atoms with Crippen LogP contribution in [-0.4, -0.2) is 33.2 Å². The van der Waals surface area contributed by atoms with Crippen molar-refractivity contribution in [3.63, 3.8) is 0 Å². The third-order valence-corrected chi connectivity index (χ3v) is 4.71. The van der Waals surface area contributed by atoms with Crippen LogP contribution in [0.3, 0.4) is 0 Å². The molecule has 0 saturated heterocycles. The number of anilines is 1. The summed E-state index contributed by atoms with van der Waals surface area (Å²) in [4.78, 5) is 35.1. The Labute approximate surface area is 178 Å². The van der Waals surface area contributed by atoms with Gasteiger partial charge in [-0.25, -0.2) is 4.79 Å². The first-order valence-corrected chi connectivity index (χ1v) is 9.66. The predicted molar refractivity (Wildman–Crippen MR) is 114 cm³/mol. The van der Waals surface area contributed by atoms with Crippen molar-refractivity contribution in [2.24, 2.45) is 0 Å². The van der Waals surface area contributed by atoms with Crippen molar-refractivity contribution in [1.29, 1.82) is 0 Å². The van der Waals surface area contributed by atoms with Gasteiger partial charge in [0.2, 0.25) is 0 Å². The molecule has 1 aromatic heterocycles. The van der Waals surface area contributed by atoms with Crippen LogP contribution in [0.4, 0.5) is 11.4 Å². The Hall–Kier alpha value is -4.01. The van der Waals surface area contributed by atoms with Crippen molar-refractivity contribution in [3.8, 4) is 0 Å².